The average molecular weight is 2230 g/mol. The van der Waals surface area contributed by atoms with E-state index in [1.54, 1.807) is 135 Å². The fourth-order valence-electron chi connectivity index (χ4n) is 11.7. The zero-order chi connectivity index (χ0) is 83.3. The number of fused-ring (bicyclic) bond motifs is 6. The van der Waals surface area contributed by atoms with Gasteiger partial charge in [-0.3, -0.25) is 98.9 Å². The smallest absolute Gasteiger partial charge is 0.255 e. The number of hydrogen-bond acceptors (Lipinski definition) is 20. The van der Waals surface area contributed by atoms with Crippen LogP contribution in [0.5, 0.6) is 0 Å². The number of benzene rings is 2. The van der Waals surface area contributed by atoms with Gasteiger partial charge >= 0.3 is 110 Å². The van der Waals surface area contributed by atoms with Gasteiger partial charge in [-0.05, 0) is 194 Å². The van der Waals surface area contributed by atoms with Crippen molar-refractivity contribution in [2.24, 2.45) is 0 Å². The molecule has 0 radical (unpaired) electrons. The molecule has 0 atom stereocenters. The number of hydrogen-bond donors (Lipinski definition) is 4. The summed E-state index contributed by atoms with van der Waals surface area (Å²) in [6.45, 7) is 0.252. The summed E-state index contributed by atoms with van der Waals surface area (Å²) >= 11 is -0.944. The molecule has 2 aromatic carbocycles. The van der Waals surface area contributed by atoms with E-state index in [0.29, 0.717) is 67.4 Å². The maximum atomic E-state index is 13.6. The van der Waals surface area contributed by atoms with Crippen molar-refractivity contribution in [2.45, 2.75) is 0 Å². The average Bonchev–Trinajstić information content (AvgIpc) is 0.776. The van der Waals surface area contributed by atoms with Crippen LogP contribution in [0.2, 0.25) is 0 Å². The molecular weight excluding hydrogens is 2160 g/mol. The Labute approximate surface area is 759 Å². The van der Waals surface area contributed by atoms with E-state index in [0.717, 1.165) is 78.1 Å². The zero-order valence-electron chi connectivity index (χ0n) is 63.5. The van der Waals surface area contributed by atoms with Crippen LogP contribution in [0.25, 0.3) is 112 Å². The van der Waals surface area contributed by atoms with E-state index in [2.05, 4.69) is 101 Å². The molecule has 32 heteroatoms. The van der Waals surface area contributed by atoms with E-state index < -0.39 is 44.8 Å². The Morgan fingerprint density at radius 3 is 0.680 bits per heavy atom. The fraction of sp³-hybridized carbons (Fsp3) is 0.0222. The molecule has 0 spiro atoms. The van der Waals surface area contributed by atoms with Crippen molar-refractivity contribution in [3.05, 3.63) is 376 Å². The van der Waals surface area contributed by atoms with Gasteiger partial charge in [0.25, 0.3) is 23.6 Å². The number of carbonyl (C=O) groups is 4. The Morgan fingerprint density at radius 1 is 0.230 bits per heavy atom. The van der Waals surface area contributed by atoms with E-state index in [4.69, 9.17) is 37.7 Å². The number of amides is 4. The first-order valence-electron chi connectivity index (χ1n) is 36.3. The topological polar surface area (TPSA) is 323 Å². The number of pyridine rings is 16. The van der Waals surface area contributed by atoms with Crippen LogP contribution in [0.15, 0.2) is 354 Å². The van der Waals surface area contributed by atoms with Gasteiger partial charge in [0.05, 0.1) is 102 Å². The van der Waals surface area contributed by atoms with Crippen LogP contribution in [-0.2, 0) is 71.9 Å². The van der Waals surface area contributed by atoms with Gasteiger partial charge in [-0.1, -0.05) is 60.7 Å². The monoisotopic (exact) mass is 2220 g/mol. The van der Waals surface area contributed by atoms with E-state index in [-0.39, 0.29) is 63.9 Å². The van der Waals surface area contributed by atoms with E-state index in [1.165, 1.54) is 24.8 Å². The molecule has 0 bridgehead atoms. The molecule has 18 aromatic rings. The second-order valence-electron chi connectivity index (χ2n) is 24.7. The summed E-state index contributed by atoms with van der Waals surface area (Å²) < 4.78 is 0. The summed E-state index contributed by atoms with van der Waals surface area (Å²) in [5, 5.41) is 14.8. The summed E-state index contributed by atoms with van der Waals surface area (Å²) in [6.07, 6.45) is 26.9. The number of anilines is 2. The van der Waals surface area contributed by atoms with E-state index in [1.807, 2.05) is 194 Å². The third-order valence-electron chi connectivity index (χ3n) is 17.1. The van der Waals surface area contributed by atoms with Crippen molar-refractivity contribution in [3.63, 3.8) is 0 Å². The minimum atomic E-state index is -0.472. The Bertz CT molecular complexity index is 5690. The van der Waals surface area contributed by atoms with Gasteiger partial charge in [-0.25, -0.2) is 0 Å². The van der Waals surface area contributed by atoms with Crippen LogP contribution >= 0.6 is 37.7 Å². The normalized spacial score (nSPS) is 10.2. The molecule has 16 heterocycles. The molecular formula is C90H66Cl4N20O4Pt2Ru2+4. The second-order valence-corrected chi connectivity index (χ2v) is 31.3. The van der Waals surface area contributed by atoms with Gasteiger partial charge in [-0.15, -0.1) is 0 Å². The van der Waals surface area contributed by atoms with Crippen LogP contribution in [0, 0.1) is 0 Å². The van der Waals surface area contributed by atoms with Gasteiger partial charge < -0.3 is 21.3 Å². The maximum Gasteiger partial charge on any atom is 2.00 e. The van der Waals surface area contributed by atoms with E-state index >= 15 is 0 Å². The molecule has 4 amide bonds. The third kappa shape index (κ3) is 26.5. The SMILES string of the molecule is O=C(NCCNC(=O)c1ccnc(-c2cc(C(=O)Nc3cc4cccnc4c4ncccc34)ccn2)c1)c1ccnc(-c2cc(C(=O)Nc3cc4cccnc4c4ncccc34)ccn2)c1.[Cl][Pt][Cl].[Cl][Pt][Cl].[Ru+2].[Ru+2].c1ccc(-c2ccccn2)nc1.c1ccc(-c2ccccn2)nc1.c1ccc(-c2ccccn2)nc1.c1ccc(-c2ccccn2)nc1. The second kappa shape index (κ2) is 49.3. The summed E-state index contributed by atoms with van der Waals surface area (Å²) in [7, 11) is 19.5. The van der Waals surface area contributed by atoms with Crippen molar-refractivity contribution in [2.75, 3.05) is 23.7 Å². The van der Waals surface area contributed by atoms with E-state index in [9.17, 15) is 19.2 Å². The van der Waals surface area contributed by atoms with Crippen molar-refractivity contribution >= 4 is 116 Å². The molecule has 122 heavy (non-hydrogen) atoms. The summed E-state index contributed by atoms with van der Waals surface area (Å²) in [5.74, 6) is -1.51. The predicted molar refractivity (Wildman–Crippen MR) is 463 cm³/mol. The molecule has 16 aromatic heterocycles. The largest absolute Gasteiger partial charge is 2.00 e. The van der Waals surface area contributed by atoms with Gasteiger partial charge in [0.2, 0.25) is 0 Å². The van der Waals surface area contributed by atoms with Crippen molar-refractivity contribution in [1.82, 2.24) is 90.4 Å². The Balaban J connectivity index is 0.000000220. The minimum Gasteiger partial charge on any atom is -0.255 e. The molecule has 24 nitrogen and oxygen atoms in total. The van der Waals surface area contributed by atoms with Crippen LogP contribution in [-0.4, -0.2) is 116 Å². The number of halogens is 4. The first-order valence-corrected chi connectivity index (χ1v) is 47.6. The van der Waals surface area contributed by atoms with Crippen molar-refractivity contribution in [3.8, 4) is 68.3 Å². The van der Waals surface area contributed by atoms with Crippen LogP contribution in [0.4, 0.5) is 11.4 Å². The molecule has 0 saturated carbocycles. The number of nitrogens with one attached hydrogen (secondary N) is 4. The molecule has 4 N–H and O–H groups in total. The number of rotatable bonds is 15. The van der Waals surface area contributed by atoms with Crippen molar-refractivity contribution in [1.29, 1.82) is 0 Å². The number of nitrogens with zero attached hydrogens (tertiary/aromatic N) is 16. The Hall–Kier alpha value is -12.5. The molecule has 610 valence electrons. The quantitative estimate of drug-likeness (QED) is 0.0421. The molecule has 0 aliphatic carbocycles. The van der Waals surface area contributed by atoms with Crippen LogP contribution in [0.1, 0.15) is 41.4 Å². The molecule has 0 aliphatic rings. The predicted octanol–water partition coefficient (Wildman–Crippen LogP) is 18.8. The standard InChI is InChI=1S/C50H34N12O4.4C10H8N2.4ClH.2Pt.2Ru/c63-47(31-9-17-51-39(25-31)41-27-33(11-19-53-41)49(65)61-37-23-29-5-1-13-55-43(29)45-35(37)7-3-15-57-45)59-21-22-60-48(64)32-10-18-52-40(26-32)42-28-34(12-20-54-42)50(66)62-38-24-30-6-2-14-56-44(30)46-36(38)8-4-16-58-46;4*1-3-7-11-9(5-1)10-6-2-4-8-12-10;;;;;;;;/h1-20,23-28H,21-22H2,(H,59,63)(H,60,64)(H,61,65)(H,62,66);4*1-8H;4*1H;;;;/q;;;;;;;;;4*+2/p-4. The minimum absolute atomic E-state index is 0. The molecule has 0 saturated heterocycles. The van der Waals surface area contributed by atoms with Crippen molar-refractivity contribution < 1.29 is 91.1 Å². The molecule has 18 rings (SSSR count). The summed E-state index contributed by atoms with van der Waals surface area (Å²) in [4.78, 5) is 123. The van der Waals surface area contributed by atoms with Gasteiger partial charge in [0.15, 0.2) is 0 Å². The fourth-order valence-corrected chi connectivity index (χ4v) is 11.7. The maximum absolute atomic E-state index is 13.6. The van der Waals surface area contributed by atoms with Crippen LogP contribution < -0.4 is 21.3 Å². The number of carbonyl (C=O) groups excluding carboxylic acids is 4. The van der Waals surface area contributed by atoms with Gasteiger partial charge in [0, 0.05) is 156 Å². The Morgan fingerprint density at radius 2 is 0.443 bits per heavy atom. The first kappa shape index (κ1) is 91.8. The third-order valence-corrected chi connectivity index (χ3v) is 17.1. The zero-order valence-corrected chi connectivity index (χ0v) is 74.6. The molecule has 0 unspecified atom stereocenters. The summed E-state index contributed by atoms with van der Waals surface area (Å²) in [6, 6.07) is 77.7. The molecule has 0 aliphatic heterocycles. The summed E-state index contributed by atoms with van der Waals surface area (Å²) in [5.41, 5.74) is 14.2. The first-order chi connectivity index (χ1) is 59.1. The molecule has 0 fully saturated rings. The van der Waals surface area contributed by atoms with Gasteiger partial charge in [0.1, 0.15) is 0 Å². The van der Waals surface area contributed by atoms with Gasteiger partial charge in [-0.2, -0.15) is 0 Å². The Kier molecular flexibility index (Phi) is 37.1. The van der Waals surface area contributed by atoms with Crippen LogP contribution in [0.3, 0.4) is 0 Å². The number of aromatic nitrogens is 16.